The van der Waals surface area contributed by atoms with E-state index in [-0.39, 0.29) is 5.54 Å². The number of anilines is 2. The summed E-state index contributed by atoms with van der Waals surface area (Å²) in [5.74, 6) is 0. The van der Waals surface area contributed by atoms with Gasteiger partial charge in [-0.25, -0.2) is 0 Å². The zero-order valence-corrected chi connectivity index (χ0v) is 11.1. The van der Waals surface area contributed by atoms with Gasteiger partial charge in [-0.1, -0.05) is 18.2 Å². The van der Waals surface area contributed by atoms with E-state index in [4.69, 9.17) is 4.74 Å². The van der Waals surface area contributed by atoms with Gasteiger partial charge in [-0.05, 0) is 31.5 Å². The van der Waals surface area contributed by atoms with Crippen LogP contribution in [0.1, 0.15) is 19.4 Å². The third kappa shape index (κ3) is 2.23. The molecule has 0 aliphatic carbocycles. The van der Waals surface area contributed by atoms with Gasteiger partial charge in [0.05, 0.1) is 18.8 Å². The number of nitrogens with one attached hydrogen (secondary N) is 1. The molecule has 96 valence electrons. The number of hydrogen-bond donors (Lipinski definition) is 1. The van der Waals surface area contributed by atoms with Crippen molar-refractivity contribution in [1.29, 1.82) is 0 Å². The van der Waals surface area contributed by atoms with Crippen LogP contribution < -0.4 is 10.2 Å². The van der Waals surface area contributed by atoms with Crippen LogP contribution in [0.25, 0.3) is 6.08 Å². The van der Waals surface area contributed by atoms with Crippen molar-refractivity contribution in [3.05, 3.63) is 29.8 Å². The highest BCUT2D eigenvalue weighted by Gasteiger charge is 2.20. The lowest BCUT2D eigenvalue weighted by molar-refractivity contribution is 0.122. The maximum Gasteiger partial charge on any atom is 0.0642 e. The van der Waals surface area contributed by atoms with Gasteiger partial charge in [0.1, 0.15) is 0 Å². The Morgan fingerprint density at radius 2 is 2.00 bits per heavy atom. The summed E-state index contributed by atoms with van der Waals surface area (Å²) in [6.07, 6.45) is 4.42. The molecule has 3 rings (SSSR count). The molecule has 0 saturated carbocycles. The van der Waals surface area contributed by atoms with E-state index in [1.54, 1.807) is 0 Å². The minimum absolute atomic E-state index is 0.0383. The van der Waals surface area contributed by atoms with E-state index < -0.39 is 0 Å². The maximum atomic E-state index is 5.40. The first kappa shape index (κ1) is 11.6. The molecule has 0 radical (unpaired) electrons. The molecule has 0 spiro atoms. The number of rotatable bonds is 1. The molecule has 0 amide bonds. The van der Waals surface area contributed by atoms with E-state index in [0.29, 0.717) is 0 Å². The lowest BCUT2D eigenvalue weighted by Crippen LogP contribution is -2.36. The fourth-order valence-electron chi connectivity index (χ4n) is 2.50. The SMILES string of the molecule is CC1(C)C=Cc2ccc(N3CCOCC3)cc2N1. The average Bonchev–Trinajstić information content (AvgIpc) is 2.38. The van der Waals surface area contributed by atoms with Crippen molar-refractivity contribution < 1.29 is 4.74 Å². The van der Waals surface area contributed by atoms with Gasteiger partial charge in [0.25, 0.3) is 0 Å². The Morgan fingerprint density at radius 3 is 2.78 bits per heavy atom. The molecule has 0 aromatic heterocycles. The van der Waals surface area contributed by atoms with Crippen LogP contribution in [-0.2, 0) is 4.74 Å². The zero-order chi connectivity index (χ0) is 12.6. The number of ether oxygens (including phenoxy) is 1. The minimum Gasteiger partial charge on any atom is -0.378 e. The monoisotopic (exact) mass is 244 g/mol. The molecular weight excluding hydrogens is 224 g/mol. The molecule has 0 unspecified atom stereocenters. The van der Waals surface area contributed by atoms with Crippen molar-refractivity contribution in [2.45, 2.75) is 19.4 Å². The summed E-state index contributed by atoms with van der Waals surface area (Å²) < 4.78 is 5.40. The number of fused-ring (bicyclic) bond motifs is 1. The molecule has 1 aromatic carbocycles. The van der Waals surface area contributed by atoms with Gasteiger partial charge < -0.3 is 15.0 Å². The van der Waals surface area contributed by atoms with E-state index >= 15 is 0 Å². The number of benzene rings is 1. The van der Waals surface area contributed by atoms with Gasteiger partial charge in [-0.15, -0.1) is 0 Å². The van der Waals surface area contributed by atoms with Crippen LogP contribution >= 0.6 is 0 Å². The fraction of sp³-hybridized carbons (Fsp3) is 0.467. The molecule has 3 heteroatoms. The number of morpholine rings is 1. The predicted octanol–water partition coefficient (Wildman–Crippen LogP) is 2.74. The molecule has 2 aliphatic rings. The Hall–Kier alpha value is -1.48. The Kier molecular flexibility index (Phi) is 2.78. The van der Waals surface area contributed by atoms with Crippen LogP contribution in [-0.4, -0.2) is 31.8 Å². The lowest BCUT2D eigenvalue weighted by atomic mass is 9.96. The first-order valence-electron chi connectivity index (χ1n) is 6.58. The summed E-state index contributed by atoms with van der Waals surface area (Å²) in [4.78, 5) is 2.39. The van der Waals surface area contributed by atoms with Crippen LogP contribution in [0, 0.1) is 0 Å². The predicted molar refractivity (Wildman–Crippen MR) is 76.2 cm³/mol. The molecule has 3 nitrogen and oxygen atoms in total. The van der Waals surface area contributed by atoms with E-state index in [0.717, 1.165) is 26.3 Å². The van der Waals surface area contributed by atoms with Crippen molar-refractivity contribution in [2.75, 3.05) is 36.5 Å². The summed E-state index contributed by atoms with van der Waals surface area (Å²) in [5.41, 5.74) is 3.82. The highest BCUT2D eigenvalue weighted by Crippen LogP contribution is 2.31. The molecule has 2 heterocycles. The highest BCUT2D eigenvalue weighted by molar-refractivity contribution is 5.76. The van der Waals surface area contributed by atoms with Crippen molar-refractivity contribution >= 4 is 17.5 Å². The third-order valence-electron chi connectivity index (χ3n) is 3.55. The van der Waals surface area contributed by atoms with Crippen molar-refractivity contribution in [2.24, 2.45) is 0 Å². The Labute approximate surface area is 108 Å². The quantitative estimate of drug-likeness (QED) is 0.822. The Bertz CT molecular complexity index is 473. The van der Waals surface area contributed by atoms with Gasteiger partial charge in [-0.2, -0.15) is 0 Å². The fourth-order valence-corrected chi connectivity index (χ4v) is 2.50. The molecule has 0 atom stereocenters. The summed E-state index contributed by atoms with van der Waals surface area (Å²) in [5, 5.41) is 3.57. The van der Waals surface area contributed by atoms with E-state index in [1.165, 1.54) is 16.9 Å². The Balaban J connectivity index is 1.89. The van der Waals surface area contributed by atoms with Gasteiger partial charge in [0.15, 0.2) is 0 Å². The lowest BCUT2D eigenvalue weighted by Gasteiger charge is -2.32. The van der Waals surface area contributed by atoms with E-state index in [9.17, 15) is 0 Å². The van der Waals surface area contributed by atoms with Crippen molar-refractivity contribution in [3.63, 3.8) is 0 Å². The van der Waals surface area contributed by atoms with Crippen molar-refractivity contribution in [3.8, 4) is 0 Å². The standard InChI is InChI=1S/C15H20N2O/c1-15(2)6-5-12-3-4-13(11-14(12)16-15)17-7-9-18-10-8-17/h3-6,11,16H,7-10H2,1-2H3. The molecule has 1 N–H and O–H groups in total. The second kappa shape index (κ2) is 4.32. The number of nitrogens with zero attached hydrogens (tertiary/aromatic N) is 1. The third-order valence-corrected chi connectivity index (χ3v) is 3.55. The second-order valence-corrected chi connectivity index (χ2v) is 5.55. The Morgan fingerprint density at radius 1 is 1.22 bits per heavy atom. The first-order chi connectivity index (χ1) is 8.64. The minimum atomic E-state index is 0.0383. The molecule has 1 fully saturated rings. The summed E-state index contributed by atoms with van der Waals surface area (Å²) >= 11 is 0. The van der Waals surface area contributed by atoms with Crippen LogP contribution in [0.5, 0.6) is 0 Å². The molecule has 0 bridgehead atoms. The molecule has 18 heavy (non-hydrogen) atoms. The van der Waals surface area contributed by atoms with Crippen LogP contribution in [0.3, 0.4) is 0 Å². The van der Waals surface area contributed by atoms with E-state index in [1.807, 2.05) is 0 Å². The first-order valence-corrected chi connectivity index (χ1v) is 6.58. The topological polar surface area (TPSA) is 24.5 Å². The van der Waals surface area contributed by atoms with Gasteiger partial charge in [0, 0.05) is 24.5 Å². The number of hydrogen-bond acceptors (Lipinski definition) is 3. The van der Waals surface area contributed by atoms with Gasteiger partial charge in [0.2, 0.25) is 0 Å². The largest absolute Gasteiger partial charge is 0.378 e. The van der Waals surface area contributed by atoms with Gasteiger partial charge in [-0.3, -0.25) is 0 Å². The average molecular weight is 244 g/mol. The highest BCUT2D eigenvalue weighted by atomic mass is 16.5. The van der Waals surface area contributed by atoms with Crippen LogP contribution in [0.15, 0.2) is 24.3 Å². The smallest absolute Gasteiger partial charge is 0.0642 e. The molecular formula is C15H20N2O. The molecule has 2 aliphatic heterocycles. The van der Waals surface area contributed by atoms with Gasteiger partial charge >= 0.3 is 0 Å². The summed E-state index contributed by atoms with van der Waals surface area (Å²) in [7, 11) is 0. The molecule has 1 aromatic rings. The normalized spacial score (nSPS) is 21.3. The van der Waals surface area contributed by atoms with E-state index in [2.05, 4.69) is 54.4 Å². The maximum absolute atomic E-state index is 5.40. The van der Waals surface area contributed by atoms with Crippen molar-refractivity contribution in [1.82, 2.24) is 0 Å². The zero-order valence-electron chi connectivity index (χ0n) is 11.1. The van der Waals surface area contributed by atoms with Crippen LogP contribution in [0.2, 0.25) is 0 Å². The van der Waals surface area contributed by atoms with Crippen LogP contribution in [0.4, 0.5) is 11.4 Å². The second-order valence-electron chi connectivity index (χ2n) is 5.55. The molecule has 1 saturated heterocycles. The summed E-state index contributed by atoms with van der Waals surface area (Å²) in [6.45, 7) is 8.00. The summed E-state index contributed by atoms with van der Waals surface area (Å²) in [6, 6.07) is 6.65.